The number of unbranched alkanes of at least 4 members (excludes halogenated alkanes) is 5. The van der Waals surface area contributed by atoms with Gasteiger partial charge in [-0.2, -0.15) is 0 Å². The lowest BCUT2D eigenvalue weighted by Crippen LogP contribution is -2.46. The molecule has 0 spiro atoms. The molecule has 0 saturated carbocycles. The first-order valence-electron chi connectivity index (χ1n) is 13.6. The average molecular weight is 534 g/mol. The Morgan fingerprint density at radius 3 is 2.21 bits per heavy atom. The van der Waals surface area contributed by atoms with E-state index in [4.69, 9.17) is 14.6 Å². The first kappa shape index (κ1) is 33.1. The molecule has 0 aliphatic rings. The maximum Gasteiger partial charge on any atom is 0.341 e. The summed E-state index contributed by atoms with van der Waals surface area (Å²) in [7, 11) is 3.09. The number of carbonyl (C=O) groups excluding carboxylic acids is 2. The highest BCUT2D eigenvalue weighted by molar-refractivity contribution is 6.06. The number of hydrogen-bond acceptors (Lipinski definition) is 5. The van der Waals surface area contributed by atoms with Gasteiger partial charge in [0.2, 0.25) is 0 Å². The standard InChI is InChI=1S/C29H41FN2O4.CH4O/c1-5-8-9-10-11-14-20-35-27-16-13-12-15-25(27)28(33)31-23-17-18-24(26(30)22-23)29(34)36-21-19-32(4,6-2)7-3;1-2/h12-13,15-18,22H,5-11,14,19-21H2,1-4H3;2H,1H3/p+1. The molecule has 1 amide bonds. The van der Waals surface area contributed by atoms with E-state index in [-0.39, 0.29) is 17.9 Å². The Labute approximate surface area is 227 Å². The summed E-state index contributed by atoms with van der Waals surface area (Å²) in [5.41, 5.74) is 0.472. The molecule has 0 unspecified atom stereocenters. The first-order valence-corrected chi connectivity index (χ1v) is 13.6. The van der Waals surface area contributed by atoms with Crippen LogP contribution in [0.2, 0.25) is 0 Å². The molecule has 0 bridgehead atoms. The Kier molecular flexibility index (Phi) is 15.9. The highest BCUT2D eigenvalue weighted by Gasteiger charge is 2.20. The van der Waals surface area contributed by atoms with Crippen LogP contribution in [0.15, 0.2) is 42.5 Å². The third-order valence-electron chi connectivity index (χ3n) is 6.73. The van der Waals surface area contributed by atoms with Crippen molar-refractivity contribution in [1.82, 2.24) is 0 Å². The van der Waals surface area contributed by atoms with Crippen LogP contribution in [0.5, 0.6) is 5.75 Å². The zero-order chi connectivity index (χ0) is 28.4. The summed E-state index contributed by atoms with van der Waals surface area (Å²) < 4.78 is 26.6. The van der Waals surface area contributed by atoms with Crippen molar-refractivity contribution in [2.24, 2.45) is 0 Å². The van der Waals surface area contributed by atoms with E-state index in [1.165, 1.54) is 37.8 Å². The third kappa shape index (κ3) is 11.2. The van der Waals surface area contributed by atoms with Crippen LogP contribution in [-0.4, -0.2) is 68.5 Å². The van der Waals surface area contributed by atoms with Gasteiger partial charge >= 0.3 is 5.97 Å². The molecule has 0 aliphatic carbocycles. The molecule has 2 N–H and O–H groups in total. The minimum atomic E-state index is -0.742. The number of amides is 1. The molecule has 2 rings (SSSR count). The molecule has 8 heteroatoms. The average Bonchev–Trinajstić information content (AvgIpc) is 2.93. The first-order chi connectivity index (χ1) is 18.3. The minimum absolute atomic E-state index is 0.155. The monoisotopic (exact) mass is 533 g/mol. The van der Waals surface area contributed by atoms with Crippen molar-refractivity contribution in [1.29, 1.82) is 0 Å². The quantitative estimate of drug-likeness (QED) is 0.155. The summed E-state index contributed by atoms with van der Waals surface area (Å²) >= 11 is 0. The fourth-order valence-electron chi connectivity index (χ4n) is 3.78. The van der Waals surface area contributed by atoms with Gasteiger partial charge in [-0.1, -0.05) is 51.2 Å². The summed E-state index contributed by atoms with van der Waals surface area (Å²) in [5.74, 6) is -1.36. The van der Waals surface area contributed by atoms with Gasteiger partial charge in [0, 0.05) is 12.8 Å². The number of esters is 1. The normalized spacial score (nSPS) is 10.8. The second kappa shape index (κ2) is 18.3. The van der Waals surface area contributed by atoms with Gasteiger partial charge in [0.1, 0.15) is 24.7 Å². The van der Waals surface area contributed by atoms with Gasteiger partial charge in [0.15, 0.2) is 0 Å². The van der Waals surface area contributed by atoms with E-state index >= 15 is 0 Å². The van der Waals surface area contributed by atoms with Crippen molar-refractivity contribution in [2.75, 3.05) is 52.3 Å². The number of nitrogens with one attached hydrogen (secondary N) is 1. The number of para-hydroxylation sites is 1. The maximum absolute atomic E-state index is 14.7. The molecule has 0 aromatic heterocycles. The zero-order valence-electron chi connectivity index (χ0n) is 23.7. The number of carbonyl (C=O) groups is 2. The van der Waals surface area contributed by atoms with Crippen LogP contribution in [0.1, 0.15) is 80.0 Å². The predicted molar refractivity (Wildman–Crippen MR) is 150 cm³/mol. The zero-order valence-corrected chi connectivity index (χ0v) is 23.7. The Hall–Kier alpha value is -2.97. The van der Waals surface area contributed by atoms with E-state index in [0.29, 0.717) is 24.5 Å². The number of rotatable bonds is 16. The van der Waals surface area contributed by atoms with E-state index < -0.39 is 17.7 Å². The Morgan fingerprint density at radius 1 is 0.895 bits per heavy atom. The van der Waals surface area contributed by atoms with Gasteiger partial charge in [-0.3, -0.25) is 4.79 Å². The number of aliphatic hydroxyl groups is 1. The lowest BCUT2D eigenvalue weighted by molar-refractivity contribution is -0.906. The van der Waals surface area contributed by atoms with E-state index in [0.717, 1.165) is 43.6 Å². The van der Waals surface area contributed by atoms with Crippen LogP contribution >= 0.6 is 0 Å². The number of anilines is 1. The topological polar surface area (TPSA) is 84.9 Å². The van der Waals surface area contributed by atoms with E-state index in [1.807, 2.05) is 6.07 Å². The number of halogens is 1. The largest absolute Gasteiger partial charge is 0.493 e. The van der Waals surface area contributed by atoms with Gasteiger partial charge in [0.25, 0.3) is 5.91 Å². The molecule has 0 radical (unpaired) electrons. The number of hydrogen-bond donors (Lipinski definition) is 2. The lowest BCUT2D eigenvalue weighted by Gasteiger charge is -2.31. The van der Waals surface area contributed by atoms with Gasteiger partial charge < -0.3 is 24.4 Å². The van der Waals surface area contributed by atoms with Gasteiger partial charge in [-0.15, -0.1) is 0 Å². The number of nitrogens with zero attached hydrogens (tertiary/aromatic N) is 1. The van der Waals surface area contributed by atoms with Crippen LogP contribution in [0.25, 0.3) is 0 Å². The van der Waals surface area contributed by atoms with Crippen molar-refractivity contribution in [3.8, 4) is 5.75 Å². The molecule has 212 valence electrons. The molecule has 2 aromatic rings. The molecular weight excluding hydrogens is 487 g/mol. The van der Waals surface area contributed by atoms with Gasteiger partial charge in [0.05, 0.1) is 37.9 Å². The van der Waals surface area contributed by atoms with Crippen LogP contribution in [-0.2, 0) is 4.74 Å². The second-order valence-electron chi connectivity index (χ2n) is 9.37. The van der Waals surface area contributed by atoms with E-state index in [1.54, 1.807) is 18.2 Å². The highest BCUT2D eigenvalue weighted by Crippen LogP contribution is 2.22. The molecule has 0 heterocycles. The number of aliphatic hydroxyl groups excluding tert-OH is 1. The SMILES string of the molecule is CCCCCCCCOc1ccccc1C(=O)Nc1ccc(C(=O)OCC[N+](C)(CC)CC)c(F)c1.CO. The second-order valence-corrected chi connectivity index (χ2v) is 9.37. The van der Waals surface area contributed by atoms with Crippen LogP contribution in [0.3, 0.4) is 0 Å². The summed E-state index contributed by atoms with van der Waals surface area (Å²) in [5, 5.41) is 9.70. The molecule has 0 atom stereocenters. The molecule has 0 aliphatic heterocycles. The number of quaternary nitrogens is 1. The smallest absolute Gasteiger partial charge is 0.341 e. The Morgan fingerprint density at radius 2 is 1.55 bits per heavy atom. The highest BCUT2D eigenvalue weighted by atomic mass is 19.1. The van der Waals surface area contributed by atoms with E-state index in [9.17, 15) is 14.0 Å². The molecule has 38 heavy (non-hydrogen) atoms. The Bertz CT molecular complexity index is 979. The molecule has 0 saturated heterocycles. The summed E-state index contributed by atoms with van der Waals surface area (Å²) in [4.78, 5) is 25.2. The molecular formula is C30H46FN2O5+. The van der Waals surface area contributed by atoms with Crippen molar-refractivity contribution >= 4 is 17.6 Å². The van der Waals surface area contributed by atoms with Gasteiger partial charge in [-0.25, -0.2) is 9.18 Å². The third-order valence-corrected chi connectivity index (χ3v) is 6.73. The van der Waals surface area contributed by atoms with Crippen molar-refractivity contribution in [3.63, 3.8) is 0 Å². The minimum Gasteiger partial charge on any atom is -0.493 e. The fraction of sp³-hybridized carbons (Fsp3) is 0.533. The van der Waals surface area contributed by atoms with Crippen LogP contribution in [0.4, 0.5) is 10.1 Å². The van der Waals surface area contributed by atoms with E-state index in [2.05, 4.69) is 33.1 Å². The van der Waals surface area contributed by atoms with Crippen LogP contribution in [0, 0.1) is 5.82 Å². The van der Waals surface area contributed by atoms with Crippen molar-refractivity contribution in [3.05, 3.63) is 59.4 Å². The van der Waals surface area contributed by atoms with Crippen molar-refractivity contribution in [2.45, 2.75) is 59.3 Å². The summed E-state index contributed by atoms with van der Waals surface area (Å²) in [6.45, 7) is 9.61. The molecule has 0 fully saturated rings. The predicted octanol–water partition coefficient (Wildman–Crippen LogP) is 6.07. The van der Waals surface area contributed by atoms with Gasteiger partial charge in [-0.05, 0) is 50.6 Å². The summed E-state index contributed by atoms with van der Waals surface area (Å²) in [6.07, 6.45) is 6.91. The number of ether oxygens (including phenoxy) is 2. The fourth-order valence-corrected chi connectivity index (χ4v) is 3.78. The van der Waals surface area contributed by atoms with Crippen LogP contribution < -0.4 is 10.1 Å². The lowest BCUT2D eigenvalue weighted by atomic mass is 10.1. The Balaban J connectivity index is 0.00000352. The molecule has 2 aromatic carbocycles. The maximum atomic E-state index is 14.7. The number of benzene rings is 2. The molecule has 7 nitrogen and oxygen atoms in total. The summed E-state index contributed by atoms with van der Waals surface area (Å²) in [6, 6.07) is 11.0. The number of likely N-dealkylation sites (N-methyl/N-ethyl adjacent to an activating group) is 1. The van der Waals surface area contributed by atoms with Crippen molar-refractivity contribution < 1.29 is 33.0 Å².